The number of cyclic esters (lactones) is 2. The Labute approximate surface area is 227 Å². The lowest BCUT2D eigenvalue weighted by atomic mass is 9.90. The number of alkyl carbamates (subject to hydrolysis) is 1. The van der Waals surface area contributed by atoms with E-state index in [2.05, 4.69) is 10.2 Å². The SMILES string of the molecule is CC(OC(=O)NC1(C(O)Cc2ccccc2)OC(=O)C=CC(=O)O1)C(CCN1CCOCC1)c1ccccc1. The number of nitrogens with zero attached hydrogens (tertiary/aromatic N) is 1. The van der Waals surface area contributed by atoms with Crippen LogP contribution in [0.3, 0.4) is 0 Å². The number of nitrogens with one attached hydrogen (secondary N) is 1. The van der Waals surface area contributed by atoms with Crippen LogP contribution in [0, 0.1) is 0 Å². The van der Waals surface area contributed by atoms with Crippen LogP contribution in [-0.4, -0.2) is 79.0 Å². The van der Waals surface area contributed by atoms with Gasteiger partial charge in [0.25, 0.3) is 0 Å². The molecule has 0 saturated carbocycles. The van der Waals surface area contributed by atoms with Crippen LogP contribution in [0.4, 0.5) is 4.79 Å². The first-order valence-corrected chi connectivity index (χ1v) is 13.0. The standard InChI is InChI=1S/C29H34N2O8/c1-21(24(23-10-6-3-7-11-23)14-15-31-16-18-36-19-17-31)37-28(35)30-29(38-26(33)12-13-27(34)39-29)25(32)20-22-8-4-2-5-9-22/h2-13,21,24-25,32H,14-20H2,1H3,(H,30,35). The summed E-state index contributed by atoms with van der Waals surface area (Å²) in [5, 5.41) is 13.4. The van der Waals surface area contributed by atoms with Crippen molar-refractivity contribution >= 4 is 18.0 Å². The Bertz CT molecular complexity index is 1110. The lowest BCUT2D eigenvalue weighted by Crippen LogP contribution is -2.62. The monoisotopic (exact) mass is 538 g/mol. The molecular weight excluding hydrogens is 504 g/mol. The summed E-state index contributed by atoms with van der Waals surface area (Å²) in [6.07, 6.45) is -0.867. The van der Waals surface area contributed by atoms with Crippen molar-refractivity contribution in [3.8, 4) is 0 Å². The van der Waals surface area contributed by atoms with Gasteiger partial charge >= 0.3 is 23.9 Å². The van der Waals surface area contributed by atoms with Crippen molar-refractivity contribution < 1.29 is 38.4 Å². The molecule has 2 heterocycles. The van der Waals surface area contributed by atoms with Crippen LogP contribution in [0.2, 0.25) is 0 Å². The summed E-state index contributed by atoms with van der Waals surface area (Å²) in [4.78, 5) is 40.0. The molecule has 4 rings (SSSR count). The maximum Gasteiger partial charge on any atom is 0.413 e. The Balaban J connectivity index is 1.49. The van der Waals surface area contributed by atoms with Crippen molar-refractivity contribution in [2.45, 2.75) is 43.8 Å². The van der Waals surface area contributed by atoms with E-state index in [0.717, 1.165) is 37.3 Å². The number of carbonyl (C=O) groups excluding carboxylic acids is 3. The summed E-state index contributed by atoms with van der Waals surface area (Å²) in [5.74, 6) is -4.56. The van der Waals surface area contributed by atoms with Crippen molar-refractivity contribution in [3.05, 3.63) is 83.9 Å². The molecule has 2 N–H and O–H groups in total. The number of hydrogen-bond acceptors (Lipinski definition) is 9. The van der Waals surface area contributed by atoms with E-state index in [4.69, 9.17) is 18.9 Å². The van der Waals surface area contributed by atoms with Gasteiger partial charge in [-0.1, -0.05) is 60.7 Å². The highest BCUT2D eigenvalue weighted by Crippen LogP contribution is 2.28. The highest BCUT2D eigenvalue weighted by atomic mass is 16.8. The first-order valence-electron chi connectivity index (χ1n) is 13.0. The molecule has 1 fully saturated rings. The zero-order valence-electron chi connectivity index (χ0n) is 21.9. The molecule has 1 amide bonds. The molecule has 0 bridgehead atoms. The molecule has 3 unspecified atom stereocenters. The van der Waals surface area contributed by atoms with Gasteiger partial charge in [0.05, 0.1) is 13.2 Å². The summed E-state index contributed by atoms with van der Waals surface area (Å²) in [6, 6.07) is 18.6. The zero-order valence-corrected chi connectivity index (χ0v) is 21.9. The summed E-state index contributed by atoms with van der Waals surface area (Å²) in [5.41, 5.74) is 1.67. The maximum absolute atomic E-state index is 13.2. The highest BCUT2D eigenvalue weighted by molar-refractivity contribution is 5.93. The van der Waals surface area contributed by atoms with Gasteiger partial charge in [0, 0.05) is 37.6 Å². The topological polar surface area (TPSA) is 124 Å². The minimum atomic E-state index is -2.49. The number of morpholine rings is 1. The predicted octanol–water partition coefficient (Wildman–Crippen LogP) is 2.52. The molecule has 0 spiro atoms. The number of benzene rings is 2. The van der Waals surface area contributed by atoms with Gasteiger partial charge in [0.15, 0.2) is 6.10 Å². The molecule has 208 valence electrons. The first kappa shape index (κ1) is 28.3. The molecule has 2 aliphatic heterocycles. The van der Waals surface area contributed by atoms with Gasteiger partial charge in [0.2, 0.25) is 0 Å². The third kappa shape index (κ3) is 7.89. The summed E-state index contributed by atoms with van der Waals surface area (Å²) < 4.78 is 21.7. The van der Waals surface area contributed by atoms with E-state index in [1.807, 2.05) is 30.3 Å². The highest BCUT2D eigenvalue weighted by Gasteiger charge is 2.49. The van der Waals surface area contributed by atoms with Gasteiger partial charge in [-0.25, -0.2) is 19.7 Å². The van der Waals surface area contributed by atoms with Crippen LogP contribution in [0.25, 0.3) is 0 Å². The first-order chi connectivity index (χ1) is 18.8. The van der Waals surface area contributed by atoms with Gasteiger partial charge in [0.1, 0.15) is 6.10 Å². The number of aliphatic hydroxyl groups is 1. The van der Waals surface area contributed by atoms with E-state index < -0.39 is 36.2 Å². The van der Waals surface area contributed by atoms with Gasteiger partial charge in [-0.15, -0.1) is 0 Å². The van der Waals surface area contributed by atoms with Crippen LogP contribution < -0.4 is 5.32 Å². The molecule has 2 aliphatic rings. The Kier molecular flexibility index (Phi) is 9.69. The molecule has 0 aliphatic carbocycles. The van der Waals surface area contributed by atoms with E-state index >= 15 is 0 Å². The Morgan fingerprint density at radius 1 is 1.00 bits per heavy atom. The number of amides is 1. The summed E-state index contributed by atoms with van der Waals surface area (Å²) in [7, 11) is 0. The Morgan fingerprint density at radius 2 is 1.59 bits per heavy atom. The third-order valence-electron chi connectivity index (χ3n) is 6.79. The average molecular weight is 539 g/mol. The molecule has 3 atom stereocenters. The molecule has 2 aromatic carbocycles. The summed E-state index contributed by atoms with van der Waals surface area (Å²) in [6.45, 7) is 5.61. The Morgan fingerprint density at radius 3 is 2.21 bits per heavy atom. The predicted molar refractivity (Wildman–Crippen MR) is 140 cm³/mol. The number of aliphatic hydroxyl groups excluding tert-OH is 1. The van der Waals surface area contributed by atoms with Crippen LogP contribution in [0.15, 0.2) is 72.8 Å². The van der Waals surface area contributed by atoms with Crippen LogP contribution in [0.1, 0.15) is 30.4 Å². The maximum atomic E-state index is 13.2. The van der Waals surface area contributed by atoms with E-state index in [9.17, 15) is 19.5 Å². The minimum Gasteiger partial charge on any atom is -0.446 e. The van der Waals surface area contributed by atoms with Gasteiger partial charge < -0.3 is 24.1 Å². The van der Waals surface area contributed by atoms with Crippen molar-refractivity contribution in [2.75, 3.05) is 32.8 Å². The second kappa shape index (κ2) is 13.4. The number of carbonyl (C=O) groups is 3. The fraction of sp³-hybridized carbons (Fsp3) is 0.414. The lowest BCUT2D eigenvalue weighted by molar-refractivity contribution is -0.264. The number of hydrogen-bond donors (Lipinski definition) is 2. The van der Waals surface area contributed by atoms with E-state index in [1.165, 1.54) is 0 Å². The van der Waals surface area contributed by atoms with Crippen LogP contribution in [0.5, 0.6) is 0 Å². The number of esters is 2. The van der Waals surface area contributed by atoms with E-state index in [1.54, 1.807) is 37.3 Å². The molecule has 1 saturated heterocycles. The molecule has 10 nitrogen and oxygen atoms in total. The largest absolute Gasteiger partial charge is 0.446 e. The molecule has 0 aromatic heterocycles. The van der Waals surface area contributed by atoms with Gasteiger partial charge in [-0.2, -0.15) is 0 Å². The van der Waals surface area contributed by atoms with Gasteiger partial charge in [-0.3, -0.25) is 4.90 Å². The molecular formula is C29H34N2O8. The fourth-order valence-corrected chi connectivity index (χ4v) is 4.71. The average Bonchev–Trinajstić information content (AvgIpc) is 3.08. The van der Waals surface area contributed by atoms with Crippen molar-refractivity contribution in [3.63, 3.8) is 0 Å². The molecule has 39 heavy (non-hydrogen) atoms. The van der Waals surface area contributed by atoms with E-state index in [-0.39, 0.29) is 12.3 Å². The van der Waals surface area contributed by atoms with Crippen LogP contribution in [-0.2, 0) is 35.0 Å². The Hall–Kier alpha value is -3.73. The number of ether oxygens (including phenoxy) is 4. The zero-order chi connectivity index (χ0) is 27.7. The third-order valence-corrected chi connectivity index (χ3v) is 6.79. The van der Waals surface area contributed by atoms with Crippen molar-refractivity contribution in [1.82, 2.24) is 10.2 Å². The summed E-state index contributed by atoms with van der Waals surface area (Å²) >= 11 is 0. The number of rotatable bonds is 10. The molecule has 2 aromatic rings. The second-order valence-corrected chi connectivity index (χ2v) is 9.54. The van der Waals surface area contributed by atoms with Crippen molar-refractivity contribution in [2.24, 2.45) is 0 Å². The minimum absolute atomic E-state index is 0.0799. The fourth-order valence-electron chi connectivity index (χ4n) is 4.71. The van der Waals surface area contributed by atoms with Gasteiger partial charge in [-0.05, 0) is 31.0 Å². The smallest absolute Gasteiger partial charge is 0.413 e. The molecule has 0 radical (unpaired) electrons. The normalized spacial score (nSPS) is 19.6. The molecule has 10 heteroatoms. The lowest BCUT2D eigenvalue weighted by Gasteiger charge is -2.35. The quantitative estimate of drug-likeness (QED) is 0.439. The van der Waals surface area contributed by atoms with E-state index in [0.29, 0.717) is 25.2 Å². The van der Waals surface area contributed by atoms with Crippen LogP contribution >= 0.6 is 0 Å². The second-order valence-electron chi connectivity index (χ2n) is 9.54. The van der Waals surface area contributed by atoms with Crippen molar-refractivity contribution in [1.29, 1.82) is 0 Å².